The summed E-state index contributed by atoms with van der Waals surface area (Å²) in [5.41, 5.74) is 10.8. The topological polar surface area (TPSA) is 194 Å². The van der Waals surface area contributed by atoms with Gasteiger partial charge in [-0.3, -0.25) is 24.0 Å². The van der Waals surface area contributed by atoms with Gasteiger partial charge in [-0.1, -0.05) is 13.8 Å². The summed E-state index contributed by atoms with van der Waals surface area (Å²) >= 11 is 0. The number of nitrogens with one attached hydrogen (secondary N) is 3. The summed E-state index contributed by atoms with van der Waals surface area (Å²) in [7, 11) is 0. The number of carboxylic acids is 1. The van der Waals surface area contributed by atoms with Gasteiger partial charge in [-0.25, -0.2) is 0 Å². The van der Waals surface area contributed by atoms with Gasteiger partial charge in [0.05, 0.1) is 19.0 Å². The zero-order valence-corrected chi connectivity index (χ0v) is 15.1. The Morgan fingerprint density at radius 3 is 2.04 bits per heavy atom. The summed E-state index contributed by atoms with van der Waals surface area (Å²) in [6, 6.07) is -3.28. The number of hydrogen-bond acceptors (Lipinski definition) is 6. The fourth-order valence-electron chi connectivity index (χ4n) is 1.95. The van der Waals surface area contributed by atoms with Gasteiger partial charge in [0.25, 0.3) is 0 Å². The molecule has 148 valence electrons. The highest BCUT2D eigenvalue weighted by Gasteiger charge is 2.26. The minimum Gasteiger partial charge on any atom is -0.480 e. The second-order valence-electron chi connectivity index (χ2n) is 6.31. The van der Waals surface area contributed by atoms with E-state index in [0.717, 1.165) is 0 Å². The predicted octanol–water partition coefficient (Wildman–Crippen LogP) is -2.57. The Hall–Kier alpha value is -2.69. The van der Waals surface area contributed by atoms with Gasteiger partial charge in [-0.05, 0) is 19.3 Å². The highest BCUT2D eigenvalue weighted by molar-refractivity contribution is 5.94. The predicted molar refractivity (Wildman–Crippen MR) is 91.4 cm³/mol. The number of rotatable bonds is 11. The number of nitrogens with two attached hydrogens (primary N) is 2. The molecule has 0 aliphatic heterocycles. The summed E-state index contributed by atoms with van der Waals surface area (Å²) in [6.07, 6.45) is -0.0919. The minimum atomic E-state index is -1.29. The summed E-state index contributed by atoms with van der Waals surface area (Å²) in [6.45, 7) is 4.48. The van der Waals surface area contributed by atoms with Crippen molar-refractivity contribution in [2.75, 3.05) is 6.54 Å². The molecular formula is C15H27N5O6. The third kappa shape index (κ3) is 9.57. The molecule has 0 aliphatic rings. The molecule has 0 fully saturated rings. The molecule has 0 rings (SSSR count). The van der Waals surface area contributed by atoms with Gasteiger partial charge in [0.1, 0.15) is 12.1 Å². The number of amides is 4. The Labute approximate surface area is 151 Å². The Bertz CT molecular complexity index is 551. The fourth-order valence-corrected chi connectivity index (χ4v) is 1.95. The van der Waals surface area contributed by atoms with Gasteiger partial charge < -0.3 is 32.5 Å². The first-order valence-corrected chi connectivity index (χ1v) is 8.08. The van der Waals surface area contributed by atoms with Crippen molar-refractivity contribution in [2.24, 2.45) is 17.4 Å². The van der Waals surface area contributed by atoms with Crippen molar-refractivity contribution in [3.8, 4) is 0 Å². The molecule has 0 saturated carbocycles. The van der Waals surface area contributed by atoms with Crippen LogP contribution < -0.4 is 27.4 Å². The van der Waals surface area contributed by atoms with Gasteiger partial charge in [0.15, 0.2) is 0 Å². The van der Waals surface area contributed by atoms with Crippen LogP contribution in [0.15, 0.2) is 0 Å². The van der Waals surface area contributed by atoms with Gasteiger partial charge in [0.2, 0.25) is 23.6 Å². The first kappa shape index (κ1) is 23.3. The molecule has 0 aromatic carbocycles. The van der Waals surface area contributed by atoms with E-state index in [1.165, 1.54) is 6.92 Å². The number of carboxylic acid groups (broad SMARTS) is 1. The zero-order valence-electron chi connectivity index (χ0n) is 15.1. The first-order valence-electron chi connectivity index (χ1n) is 8.08. The molecule has 0 heterocycles. The molecule has 0 spiro atoms. The van der Waals surface area contributed by atoms with E-state index in [2.05, 4.69) is 16.0 Å². The van der Waals surface area contributed by atoms with Crippen LogP contribution in [-0.2, 0) is 24.0 Å². The third-order valence-corrected chi connectivity index (χ3v) is 3.27. The molecule has 4 amide bonds. The van der Waals surface area contributed by atoms with Crippen LogP contribution in [0.25, 0.3) is 0 Å². The van der Waals surface area contributed by atoms with E-state index in [4.69, 9.17) is 16.6 Å². The van der Waals surface area contributed by atoms with Crippen LogP contribution in [0.4, 0.5) is 0 Å². The molecule has 0 radical (unpaired) electrons. The molecule has 8 N–H and O–H groups in total. The van der Waals surface area contributed by atoms with E-state index in [9.17, 15) is 24.0 Å². The van der Waals surface area contributed by atoms with Gasteiger partial charge >= 0.3 is 5.97 Å². The minimum absolute atomic E-state index is 0.152. The number of carbonyl (C=O) groups excluding carboxylic acids is 4. The lowest BCUT2D eigenvalue weighted by Crippen LogP contribution is -2.54. The first-order chi connectivity index (χ1) is 11.9. The van der Waals surface area contributed by atoms with Crippen LogP contribution >= 0.6 is 0 Å². The summed E-state index contributed by atoms with van der Waals surface area (Å²) in [4.78, 5) is 57.5. The lowest BCUT2D eigenvalue weighted by Gasteiger charge is -2.20. The van der Waals surface area contributed by atoms with Gasteiger partial charge in [-0.2, -0.15) is 0 Å². The average molecular weight is 373 g/mol. The van der Waals surface area contributed by atoms with E-state index in [1.807, 2.05) is 13.8 Å². The standard InChI is InChI=1S/C15H27N5O6/c1-7(2)4-9(16)13(23)20-10(5-11(17)21)14(24)18-6-12(22)19-8(3)15(25)26/h7-10H,4-6,16H2,1-3H3,(H2,17,21)(H,18,24)(H,19,22)(H,20,23)(H,25,26). The number of aliphatic carboxylic acids is 1. The quantitative estimate of drug-likeness (QED) is 0.229. The molecule has 3 atom stereocenters. The molecule has 11 heteroatoms. The van der Waals surface area contributed by atoms with Crippen LogP contribution in [0.1, 0.15) is 33.6 Å². The van der Waals surface area contributed by atoms with Crippen molar-refractivity contribution >= 4 is 29.6 Å². The van der Waals surface area contributed by atoms with Crippen molar-refractivity contribution in [1.82, 2.24) is 16.0 Å². The highest BCUT2D eigenvalue weighted by Crippen LogP contribution is 2.03. The van der Waals surface area contributed by atoms with Crippen molar-refractivity contribution in [3.05, 3.63) is 0 Å². The van der Waals surface area contributed by atoms with Crippen LogP contribution in [0.2, 0.25) is 0 Å². The number of hydrogen-bond donors (Lipinski definition) is 6. The monoisotopic (exact) mass is 373 g/mol. The normalized spacial score (nSPS) is 14.0. The summed E-state index contributed by atoms with van der Waals surface area (Å²) < 4.78 is 0. The largest absolute Gasteiger partial charge is 0.480 e. The Morgan fingerprint density at radius 1 is 1.00 bits per heavy atom. The number of carbonyl (C=O) groups is 5. The summed E-state index contributed by atoms with van der Waals surface area (Å²) in [5, 5.41) is 15.4. The maximum absolute atomic E-state index is 12.1. The van der Waals surface area contributed by atoms with Crippen molar-refractivity contribution < 1.29 is 29.1 Å². The second-order valence-corrected chi connectivity index (χ2v) is 6.31. The molecule has 0 aromatic rings. The van der Waals surface area contributed by atoms with E-state index < -0.39 is 60.7 Å². The highest BCUT2D eigenvalue weighted by atomic mass is 16.4. The average Bonchev–Trinajstić information content (AvgIpc) is 2.50. The van der Waals surface area contributed by atoms with E-state index in [-0.39, 0.29) is 5.92 Å². The van der Waals surface area contributed by atoms with Gasteiger partial charge in [-0.15, -0.1) is 0 Å². The maximum atomic E-state index is 12.1. The molecule has 0 aliphatic carbocycles. The van der Waals surface area contributed by atoms with Crippen LogP contribution in [0.5, 0.6) is 0 Å². The molecule has 26 heavy (non-hydrogen) atoms. The molecule has 3 unspecified atom stereocenters. The van der Waals surface area contributed by atoms with Crippen LogP contribution in [0, 0.1) is 5.92 Å². The molecule has 0 bridgehead atoms. The SMILES string of the molecule is CC(C)CC(N)C(=O)NC(CC(N)=O)C(=O)NCC(=O)NC(C)C(=O)O. The van der Waals surface area contributed by atoms with Crippen LogP contribution in [0.3, 0.4) is 0 Å². The summed E-state index contributed by atoms with van der Waals surface area (Å²) in [5.74, 6) is -4.08. The number of primary amides is 1. The maximum Gasteiger partial charge on any atom is 0.325 e. The molecular weight excluding hydrogens is 346 g/mol. The Kier molecular flexibility index (Phi) is 9.89. The fraction of sp³-hybridized carbons (Fsp3) is 0.667. The van der Waals surface area contributed by atoms with E-state index in [0.29, 0.717) is 6.42 Å². The van der Waals surface area contributed by atoms with Gasteiger partial charge in [0, 0.05) is 0 Å². The van der Waals surface area contributed by atoms with E-state index in [1.54, 1.807) is 0 Å². The third-order valence-electron chi connectivity index (χ3n) is 3.27. The van der Waals surface area contributed by atoms with Crippen LogP contribution in [-0.4, -0.2) is 59.4 Å². The van der Waals surface area contributed by atoms with E-state index >= 15 is 0 Å². The van der Waals surface area contributed by atoms with Crippen molar-refractivity contribution in [1.29, 1.82) is 0 Å². The zero-order chi connectivity index (χ0) is 20.4. The second kappa shape index (κ2) is 11.0. The Morgan fingerprint density at radius 2 is 1.58 bits per heavy atom. The smallest absolute Gasteiger partial charge is 0.325 e. The lowest BCUT2D eigenvalue weighted by atomic mass is 10.0. The molecule has 0 aromatic heterocycles. The Balaban J connectivity index is 4.74. The molecule has 0 saturated heterocycles. The van der Waals surface area contributed by atoms with Crippen molar-refractivity contribution in [2.45, 2.75) is 51.7 Å². The molecule has 11 nitrogen and oxygen atoms in total. The lowest BCUT2D eigenvalue weighted by molar-refractivity contribution is -0.141. The van der Waals surface area contributed by atoms with Crippen molar-refractivity contribution in [3.63, 3.8) is 0 Å².